The third-order valence-electron chi connectivity index (χ3n) is 5.37. The van der Waals surface area contributed by atoms with Gasteiger partial charge in [-0.2, -0.15) is 0 Å². The molecule has 0 aromatic carbocycles. The van der Waals surface area contributed by atoms with Crippen LogP contribution in [0.15, 0.2) is 11.6 Å². The van der Waals surface area contributed by atoms with Crippen LogP contribution in [-0.4, -0.2) is 54.1 Å². The van der Waals surface area contributed by atoms with Gasteiger partial charge in [0.2, 0.25) is 5.91 Å². The first-order valence-electron chi connectivity index (χ1n) is 8.84. The van der Waals surface area contributed by atoms with Crippen molar-refractivity contribution < 1.29 is 4.79 Å². The summed E-state index contributed by atoms with van der Waals surface area (Å²) < 4.78 is 0. The van der Waals surface area contributed by atoms with Crippen molar-refractivity contribution >= 4 is 22.4 Å². The van der Waals surface area contributed by atoms with E-state index in [1.807, 2.05) is 18.5 Å². The smallest absolute Gasteiger partial charge is 0.237 e. The van der Waals surface area contributed by atoms with Gasteiger partial charge >= 0.3 is 0 Å². The molecule has 5 nitrogen and oxygen atoms in total. The fourth-order valence-electron chi connectivity index (χ4n) is 3.67. The Bertz CT molecular complexity index is 499. The summed E-state index contributed by atoms with van der Waals surface area (Å²) >= 11 is 1.69. The van der Waals surface area contributed by atoms with E-state index in [1.165, 1.54) is 19.3 Å². The summed E-state index contributed by atoms with van der Waals surface area (Å²) in [5.41, 5.74) is 0. The van der Waals surface area contributed by atoms with E-state index in [0.29, 0.717) is 12.0 Å². The zero-order chi connectivity index (χ0) is 16.2. The summed E-state index contributed by atoms with van der Waals surface area (Å²) in [6.07, 6.45) is 6.79. The Kier molecular flexibility index (Phi) is 5.54. The van der Waals surface area contributed by atoms with Crippen LogP contribution < -0.4 is 10.2 Å². The fourth-order valence-corrected chi connectivity index (χ4v) is 4.37. The first-order chi connectivity index (χ1) is 11.1. The summed E-state index contributed by atoms with van der Waals surface area (Å²) in [7, 11) is 0. The van der Waals surface area contributed by atoms with Crippen molar-refractivity contribution in [2.45, 2.75) is 51.6 Å². The molecule has 2 fully saturated rings. The third-order valence-corrected chi connectivity index (χ3v) is 6.20. The van der Waals surface area contributed by atoms with Gasteiger partial charge in [-0.3, -0.25) is 9.69 Å². The Morgan fingerprint density at radius 1 is 1.30 bits per heavy atom. The number of piperazine rings is 1. The van der Waals surface area contributed by atoms with Gasteiger partial charge in [-0.15, -0.1) is 11.3 Å². The molecule has 2 heterocycles. The van der Waals surface area contributed by atoms with Gasteiger partial charge < -0.3 is 10.2 Å². The zero-order valence-electron chi connectivity index (χ0n) is 14.2. The number of rotatable bonds is 4. The molecule has 3 atom stereocenters. The number of nitrogens with zero attached hydrogens (tertiary/aromatic N) is 3. The van der Waals surface area contributed by atoms with E-state index in [-0.39, 0.29) is 11.9 Å². The van der Waals surface area contributed by atoms with Gasteiger partial charge in [0.05, 0.1) is 6.04 Å². The third kappa shape index (κ3) is 4.04. The molecule has 1 saturated heterocycles. The fraction of sp³-hybridized carbons (Fsp3) is 0.765. The van der Waals surface area contributed by atoms with Crippen molar-refractivity contribution in [3.8, 4) is 0 Å². The molecule has 1 aliphatic heterocycles. The zero-order valence-corrected chi connectivity index (χ0v) is 15.0. The maximum absolute atomic E-state index is 12.6. The van der Waals surface area contributed by atoms with Crippen LogP contribution in [0, 0.1) is 5.92 Å². The number of thiazole rings is 1. The lowest BCUT2D eigenvalue weighted by molar-refractivity contribution is -0.127. The maximum Gasteiger partial charge on any atom is 0.237 e. The number of hydrogen-bond donors (Lipinski definition) is 1. The highest BCUT2D eigenvalue weighted by Gasteiger charge is 2.29. The highest BCUT2D eigenvalue weighted by atomic mass is 32.1. The van der Waals surface area contributed by atoms with Gasteiger partial charge in [0, 0.05) is 43.8 Å². The highest BCUT2D eigenvalue weighted by Crippen LogP contribution is 2.24. The van der Waals surface area contributed by atoms with E-state index < -0.39 is 0 Å². The average molecular weight is 337 g/mol. The maximum atomic E-state index is 12.6. The van der Waals surface area contributed by atoms with E-state index in [4.69, 9.17) is 0 Å². The van der Waals surface area contributed by atoms with E-state index >= 15 is 0 Å². The second-order valence-corrected chi connectivity index (χ2v) is 7.76. The lowest BCUT2D eigenvalue weighted by Gasteiger charge is -2.38. The molecule has 23 heavy (non-hydrogen) atoms. The molecule has 0 spiro atoms. The minimum Gasteiger partial charge on any atom is -0.352 e. The van der Waals surface area contributed by atoms with E-state index in [1.54, 1.807) is 11.3 Å². The molecule has 0 unspecified atom stereocenters. The minimum atomic E-state index is -0.0393. The monoisotopic (exact) mass is 336 g/mol. The van der Waals surface area contributed by atoms with E-state index in [9.17, 15) is 4.79 Å². The number of amides is 1. The van der Waals surface area contributed by atoms with E-state index in [2.05, 4.69) is 27.0 Å². The number of carbonyl (C=O) groups is 1. The van der Waals surface area contributed by atoms with Gasteiger partial charge in [-0.1, -0.05) is 19.8 Å². The van der Waals surface area contributed by atoms with Crippen molar-refractivity contribution in [2.24, 2.45) is 5.92 Å². The van der Waals surface area contributed by atoms with Gasteiger partial charge in [-0.05, 0) is 25.7 Å². The van der Waals surface area contributed by atoms with Gasteiger partial charge in [0.15, 0.2) is 5.13 Å². The van der Waals surface area contributed by atoms with Crippen molar-refractivity contribution in [2.75, 3.05) is 31.1 Å². The van der Waals surface area contributed by atoms with Crippen molar-refractivity contribution in [1.82, 2.24) is 15.2 Å². The summed E-state index contributed by atoms with van der Waals surface area (Å²) in [5.74, 6) is 0.813. The lowest BCUT2D eigenvalue weighted by Crippen LogP contribution is -2.55. The predicted molar refractivity (Wildman–Crippen MR) is 94.9 cm³/mol. The molecule has 2 aliphatic rings. The van der Waals surface area contributed by atoms with E-state index in [0.717, 1.165) is 37.7 Å². The van der Waals surface area contributed by atoms with Crippen molar-refractivity contribution in [3.63, 3.8) is 0 Å². The molecule has 1 saturated carbocycles. The van der Waals surface area contributed by atoms with Crippen molar-refractivity contribution in [1.29, 1.82) is 0 Å². The Morgan fingerprint density at radius 3 is 2.70 bits per heavy atom. The van der Waals surface area contributed by atoms with Crippen LogP contribution in [0.3, 0.4) is 0 Å². The molecular weight excluding hydrogens is 308 g/mol. The van der Waals surface area contributed by atoms with Crippen LogP contribution in [0.1, 0.15) is 39.5 Å². The summed E-state index contributed by atoms with van der Waals surface area (Å²) in [5, 5.41) is 6.41. The summed E-state index contributed by atoms with van der Waals surface area (Å²) in [4.78, 5) is 21.6. The SMILES string of the molecule is C[C@H]1CCCC[C@@H]1NC(=O)[C@H](C)N1CCN(c2nccs2)CC1. The molecule has 1 N–H and O–H groups in total. The minimum absolute atomic E-state index is 0.0393. The normalized spacial score (nSPS) is 27.7. The summed E-state index contributed by atoms with van der Waals surface area (Å²) in [6.45, 7) is 8.06. The van der Waals surface area contributed by atoms with Crippen LogP contribution >= 0.6 is 11.3 Å². The number of nitrogens with one attached hydrogen (secondary N) is 1. The molecule has 128 valence electrons. The van der Waals surface area contributed by atoms with Gasteiger partial charge in [0.1, 0.15) is 0 Å². The predicted octanol–water partition coefficient (Wildman–Crippen LogP) is 2.35. The van der Waals surface area contributed by atoms with Crippen molar-refractivity contribution in [3.05, 3.63) is 11.6 Å². The number of aromatic nitrogens is 1. The largest absolute Gasteiger partial charge is 0.352 e. The Balaban J connectivity index is 1.48. The highest BCUT2D eigenvalue weighted by molar-refractivity contribution is 7.13. The number of hydrogen-bond acceptors (Lipinski definition) is 5. The molecule has 1 aromatic heterocycles. The molecule has 0 bridgehead atoms. The first-order valence-corrected chi connectivity index (χ1v) is 9.72. The number of carbonyl (C=O) groups excluding carboxylic acids is 1. The van der Waals surface area contributed by atoms with Gasteiger partial charge in [0.25, 0.3) is 0 Å². The van der Waals surface area contributed by atoms with Crippen LogP contribution in [0.25, 0.3) is 0 Å². The standard InChI is InChI=1S/C17H28N4OS/c1-13-5-3-4-6-15(13)19-16(22)14(2)20-8-10-21(11-9-20)17-18-7-12-23-17/h7,12-15H,3-6,8-11H2,1-2H3,(H,19,22)/t13-,14-,15-/m0/s1. The topological polar surface area (TPSA) is 48.5 Å². The van der Waals surface area contributed by atoms with Gasteiger partial charge in [-0.25, -0.2) is 4.98 Å². The van der Waals surface area contributed by atoms with Crippen LogP contribution in [0.5, 0.6) is 0 Å². The average Bonchev–Trinajstić information content (AvgIpc) is 3.11. The second-order valence-electron chi connectivity index (χ2n) is 6.89. The van der Waals surface area contributed by atoms with Crippen LogP contribution in [0.2, 0.25) is 0 Å². The molecule has 0 radical (unpaired) electrons. The quantitative estimate of drug-likeness (QED) is 0.917. The Morgan fingerprint density at radius 2 is 2.04 bits per heavy atom. The van der Waals surface area contributed by atoms with Crippen LogP contribution in [-0.2, 0) is 4.79 Å². The molecule has 1 aliphatic carbocycles. The molecular formula is C17H28N4OS. The second kappa shape index (κ2) is 7.62. The Labute approximate surface area is 143 Å². The molecule has 3 rings (SSSR count). The first kappa shape index (κ1) is 16.7. The Hall–Kier alpha value is -1.14. The molecule has 1 amide bonds. The lowest BCUT2D eigenvalue weighted by atomic mass is 9.86. The molecule has 6 heteroatoms. The van der Waals surface area contributed by atoms with Crippen LogP contribution in [0.4, 0.5) is 5.13 Å². The molecule has 1 aromatic rings. The summed E-state index contributed by atoms with van der Waals surface area (Å²) in [6, 6.07) is 0.331. The number of anilines is 1.